The third-order valence-corrected chi connectivity index (χ3v) is 4.31. The van der Waals surface area contributed by atoms with Crippen molar-refractivity contribution < 1.29 is 0 Å². The molecule has 0 bridgehead atoms. The fourth-order valence-corrected chi connectivity index (χ4v) is 2.75. The van der Waals surface area contributed by atoms with E-state index in [0.717, 1.165) is 12.8 Å². The fourth-order valence-electron chi connectivity index (χ4n) is 2.75. The predicted molar refractivity (Wildman–Crippen MR) is 79.0 cm³/mol. The van der Waals surface area contributed by atoms with Crippen LogP contribution in [0.1, 0.15) is 56.3 Å². The quantitative estimate of drug-likeness (QED) is 0.891. The van der Waals surface area contributed by atoms with Crippen LogP contribution in [0.3, 0.4) is 0 Å². The predicted octanol–water partition coefficient (Wildman–Crippen LogP) is 3.86. The van der Waals surface area contributed by atoms with Crippen molar-refractivity contribution in [2.75, 3.05) is 7.05 Å². The van der Waals surface area contributed by atoms with Crippen LogP contribution >= 0.6 is 0 Å². The van der Waals surface area contributed by atoms with Crippen LogP contribution in [0.25, 0.3) is 0 Å². The maximum atomic E-state index is 9.45. The van der Waals surface area contributed by atoms with Crippen molar-refractivity contribution in [3.63, 3.8) is 0 Å². The summed E-state index contributed by atoms with van der Waals surface area (Å²) in [5.41, 5.74) is 3.85. The number of benzene rings is 1. The lowest BCUT2D eigenvalue weighted by Crippen LogP contribution is -2.27. The second-order valence-corrected chi connectivity index (χ2v) is 6.81. The maximum Gasteiger partial charge on any atom is 0.0769 e. The van der Waals surface area contributed by atoms with Gasteiger partial charge in [-0.25, -0.2) is 0 Å². The summed E-state index contributed by atoms with van der Waals surface area (Å²) in [6, 6.07) is 9.36. The molecule has 1 aromatic carbocycles. The molecule has 102 valence electrons. The van der Waals surface area contributed by atoms with Crippen LogP contribution < -0.4 is 5.32 Å². The molecule has 2 rings (SSSR count). The summed E-state index contributed by atoms with van der Waals surface area (Å²) in [4.78, 5) is 0. The van der Waals surface area contributed by atoms with E-state index >= 15 is 0 Å². The van der Waals surface area contributed by atoms with Crippen LogP contribution in [-0.4, -0.2) is 7.05 Å². The molecular weight excluding hydrogens is 232 g/mol. The van der Waals surface area contributed by atoms with Gasteiger partial charge in [-0.2, -0.15) is 5.26 Å². The molecule has 0 radical (unpaired) electrons. The summed E-state index contributed by atoms with van der Waals surface area (Å²) in [7, 11) is 1.96. The molecule has 1 fully saturated rings. The topological polar surface area (TPSA) is 35.8 Å². The van der Waals surface area contributed by atoms with Crippen LogP contribution in [0.15, 0.2) is 18.2 Å². The molecule has 1 aliphatic rings. The van der Waals surface area contributed by atoms with E-state index in [4.69, 9.17) is 0 Å². The molecule has 0 amide bonds. The van der Waals surface area contributed by atoms with Crippen LogP contribution in [-0.2, 0) is 5.41 Å². The van der Waals surface area contributed by atoms with Gasteiger partial charge in [0.25, 0.3) is 0 Å². The summed E-state index contributed by atoms with van der Waals surface area (Å²) < 4.78 is 0. The molecule has 1 N–H and O–H groups in total. The minimum Gasteiger partial charge on any atom is -0.312 e. The largest absolute Gasteiger partial charge is 0.312 e. The molecule has 19 heavy (non-hydrogen) atoms. The van der Waals surface area contributed by atoms with Crippen LogP contribution in [0.5, 0.6) is 0 Å². The molecule has 1 aliphatic carbocycles. The van der Waals surface area contributed by atoms with Crippen LogP contribution in [0.2, 0.25) is 0 Å². The highest BCUT2D eigenvalue weighted by Gasteiger charge is 2.50. The number of rotatable bonds is 3. The Kier molecular flexibility index (Phi) is 3.45. The smallest absolute Gasteiger partial charge is 0.0769 e. The summed E-state index contributed by atoms with van der Waals surface area (Å²) in [6.07, 6.45) is 2.02. The molecule has 0 spiro atoms. The van der Waals surface area contributed by atoms with Gasteiger partial charge in [-0.15, -0.1) is 0 Å². The van der Waals surface area contributed by atoms with E-state index in [1.165, 1.54) is 16.7 Å². The van der Waals surface area contributed by atoms with Gasteiger partial charge in [0.1, 0.15) is 0 Å². The van der Waals surface area contributed by atoms with Crippen molar-refractivity contribution in [1.29, 1.82) is 5.26 Å². The van der Waals surface area contributed by atoms with Gasteiger partial charge >= 0.3 is 0 Å². The van der Waals surface area contributed by atoms with E-state index in [-0.39, 0.29) is 16.9 Å². The zero-order valence-corrected chi connectivity index (χ0v) is 12.7. The Morgan fingerprint density at radius 3 is 2.37 bits per heavy atom. The Balaban J connectivity index is 2.46. The molecule has 0 saturated heterocycles. The van der Waals surface area contributed by atoms with E-state index < -0.39 is 0 Å². The molecule has 1 unspecified atom stereocenters. The zero-order valence-electron chi connectivity index (χ0n) is 12.7. The number of hydrogen-bond acceptors (Lipinski definition) is 2. The lowest BCUT2D eigenvalue weighted by molar-refractivity contribution is 0.441. The van der Waals surface area contributed by atoms with E-state index in [1.54, 1.807) is 0 Å². The number of nitrogens with zero attached hydrogens (tertiary/aromatic N) is 1. The number of hydrogen-bond donors (Lipinski definition) is 1. The van der Waals surface area contributed by atoms with E-state index in [0.29, 0.717) is 0 Å². The summed E-state index contributed by atoms with van der Waals surface area (Å²) in [6.45, 7) is 8.83. The van der Waals surface area contributed by atoms with E-state index in [1.807, 2.05) is 7.05 Å². The molecule has 0 aromatic heterocycles. The van der Waals surface area contributed by atoms with Crippen molar-refractivity contribution in [3.8, 4) is 6.07 Å². The zero-order chi connectivity index (χ0) is 14.3. The summed E-state index contributed by atoms with van der Waals surface area (Å²) >= 11 is 0. The van der Waals surface area contributed by atoms with Crippen molar-refractivity contribution >= 4 is 0 Å². The van der Waals surface area contributed by atoms with Gasteiger partial charge in [-0.05, 0) is 48.9 Å². The third kappa shape index (κ3) is 2.53. The molecular formula is C17H24N2. The molecule has 1 atom stereocenters. The van der Waals surface area contributed by atoms with Gasteiger partial charge in [0.2, 0.25) is 0 Å². The lowest BCUT2D eigenvalue weighted by Gasteiger charge is -2.27. The molecule has 1 aromatic rings. The number of aryl methyl sites for hydroxylation is 1. The van der Waals surface area contributed by atoms with E-state index in [2.05, 4.69) is 57.3 Å². The van der Waals surface area contributed by atoms with Crippen molar-refractivity contribution in [2.24, 2.45) is 5.41 Å². The Morgan fingerprint density at radius 1 is 1.32 bits per heavy atom. The minimum atomic E-state index is -0.185. The first kappa shape index (κ1) is 14.1. The molecule has 1 saturated carbocycles. The first-order chi connectivity index (χ1) is 8.84. The lowest BCUT2D eigenvalue weighted by atomic mass is 9.81. The highest BCUT2D eigenvalue weighted by molar-refractivity contribution is 5.39. The second-order valence-electron chi connectivity index (χ2n) is 6.81. The Morgan fingerprint density at radius 2 is 1.95 bits per heavy atom. The van der Waals surface area contributed by atoms with Gasteiger partial charge in [-0.1, -0.05) is 39.0 Å². The maximum absolute atomic E-state index is 9.45. The summed E-state index contributed by atoms with van der Waals surface area (Å²) in [5, 5.41) is 12.8. The van der Waals surface area contributed by atoms with Crippen molar-refractivity contribution in [1.82, 2.24) is 5.32 Å². The van der Waals surface area contributed by atoms with Gasteiger partial charge in [0.05, 0.1) is 17.5 Å². The SMILES string of the molecule is CNC(c1cc(C(C)(C)C)ccc1C)C1(C#N)CC1. The van der Waals surface area contributed by atoms with Crippen LogP contribution in [0.4, 0.5) is 0 Å². The second kappa shape index (κ2) is 4.65. The highest BCUT2D eigenvalue weighted by Crippen LogP contribution is 2.54. The van der Waals surface area contributed by atoms with Gasteiger partial charge in [0, 0.05) is 0 Å². The van der Waals surface area contributed by atoms with Crippen molar-refractivity contribution in [3.05, 3.63) is 34.9 Å². The van der Waals surface area contributed by atoms with E-state index in [9.17, 15) is 5.26 Å². The first-order valence-electron chi connectivity index (χ1n) is 7.03. The van der Waals surface area contributed by atoms with Crippen LogP contribution in [0, 0.1) is 23.7 Å². The highest BCUT2D eigenvalue weighted by atomic mass is 14.9. The number of nitrogens with one attached hydrogen (secondary N) is 1. The fraction of sp³-hybridized carbons (Fsp3) is 0.588. The Bertz CT molecular complexity index is 513. The Hall–Kier alpha value is -1.33. The van der Waals surface area contributed by atoms with Crippen molar-refractivity contribution in [2.45, 2.75) is 52.0 Å². The summed E-state index contributed by atoms with van der Waals surface area (Å²) in [5.74, 6) is 0. The standard InChI is InChI=1S/C17H24N2/c1-12-6-7-13(16(2,3)4)10-14(12)15(19-5)17(11-18)8-9-17/h6-7,10,15,19H,8-9H2,1-5H3. The normalized spacial score (nSPS) is 18.7. The van der Waals surface area contributed by atoms with Gasteiger partial charge in [0.15, 0.2) is 0 Å². The number of nitriles is 1. The monoisotopic (exact) mass is 256 g/mol. The van der Waals surface area contributed by atoms with Gasteiger partial charge < -0.3 is 5.32 Å². The molecule has 0 heterocycles. The average molecular weight is 256 g/mol. The minimum absolute atomic E-state index is 0.143. The molecule has 0 aliphatic heterocycles. The molecule has 2 heteroatoms. The average Bonchev–Trinajstić information content (AvgIpc) is 3.12. The first-order valence-corrected chi connectivity index (χ1v) is 7.03. The third-order valence-electron chi connectivity index (χ3n) is 4.31. The Labute approximate surface area is 116 Å². The molecule has 2 nitrogen and oxygen atoms in total. The van der Waals surface area contributed by atoms with Gasteiger partial charge in [-0.3, -0.25) is 0 Å².